The van der Waals surface area contributed by atoms with Crippen LogP contribution in [0.2, 0.25) is 0 Å². The van der Waals surface area contributed by atoms with Crippen molar-refractivity contribution < 1.29 is 17.7 Å². The summed E-state index contributed by atoms with van der Waals surface area (Å²) in [5, 5.41) is 0. The number of hydrogen-bond donors (Lipinski definition) is 0. The Kier molecular flexibility index (Phi) is 6.52. The lowest BCUT2D eigenvalue weighted by molar-refractivity contribution is 0.0791. The van der Waals surface area contributed by atoms with Gasteiger partial charge in [-0.3, -0.25) is 0 Å². The van der Waals surface area contributed by atoms with Gasteiger partial charge in [-0.05, 0) is 42.3 Å². The molecule has 3 aromatic carbocycles. The second-order valence-electron chi connectivity index (χ2n) is 6.45. The van der Waals surface area contributed by atoms with Gasteiger partial charge in [-0.25, -0.2) is 0 Å². The molecule has 3 aromatic rings. The van der Waals surface area contributed by atoms with E-state index in [4.69, 9.17) is 17.7 Å². The summed E-state index contributed by atoms with van der Waals surface area (Å²) < 4.78 is 24.9. The highest BCUT2D eigenvalue weighted by atomic mass is 28.4. The molecular weight excluding hydrogens is 356 g/mol. The third kappa shape index (κ3) is 5.87. The third-order valence-corrected chi connectivity index (χ3v) is 5.53. The van der Waals surface area contributed by atoms with Crippen LogP contribution >= 0.6 is 0 Å². The zero-order valence-corrected chi connectivity index (χ0v) is 16.6. The van der Waals surface area contributed by atoms with E-state index in [0.29, 0.717) is 29.8 Å². The third-order valence-electron chi connectivity index (χ3n) is 3.55. The van der Waals surface area contributed by atoms with Crippen LogP contribution in [-0.2, 0) is 4.43 Å². The monoisotopic (exact) mass is 380 g/mol. The maximum atomic E-state index is 6.23. The number of hydrogen-bond acceptors (Lipinski definition) is 4. The summed E-state index contributed by atoms with van der Waals surface area (Å²) in [5.41, 5.74) is 0. The van der Waals surface area contributed by atoms with E-state index in [9.17, 15) is 0 Å². The fourth-order valence-electron chi connectivity index (χ4n) is 2.32. The SMILES string of the molecule is CC(C)CO[Si](Oc1ccccc1)(Oc1ccccc1)Oc1ccccc1. The van der Waals surface area contributed by atoms with Gasteiger partial charge in [0.25, 0.3) is 0 Å². The van der Waals surface area contributed by atoms with Gasteiger partial charge in [-0.1, -0.05) is 68.4 Å². The standard InChI is InChI=1S/C22H24O4Si/c1-19(2)18-23-27(24-20-12-6-3-7-13-20,25-21-14-8-4-9-15-21)26-22-16-10-5-11-17-22/h3-17,19H,18H2,1-2H3. The molecule has 0 bridgehead atoms. The number of rotatable bonds is 9. The molecular formula is C22H24O4Si. The van der Waals surface area contributed by atoms with E-state index in [0.717, 1.165) is 0 Å². The van der Waals surface area contributed by atoms with Crippen molar-refractivity contribution in [2.24, 2.45) is 5.92 Å². The molecule has 0 amide bonds. The Labute approximate surface area is 161 Å². The van der Waals surface area contributed by atoms with Crippen molar-refractivity contribution >= 4 is 9.05 Å². The number of benzene rings is 3. The highest BCUT2D eigenvalue weighted by Gasteiger charge is 2.55. The molecule has 0 saturated heterocycles. The molecule has 0 radical (unpaired) electrons. The van der Waals surface area contributed by atoms with Crippen LogP contribution in [0.5, 0.6) is 17.2 Å². The Morgan fingerprint density at radius 2 is 0.926 bits per heavy atom. The fourth-order valence-corrected chi connectivity index (χ4v) is 4.43. The van der Waals surface area contributed by atoms with Gasteiger partial charge in [0.05, 0.1) is 0 Å². The van der Waals surface area contributed by atoms with Gasteiger partial charge in [0.15, 0.2) is 0 Å². The van der Waals surface area contributed by atoms with E-state index < -0.39 is 9.05 Å². The van der Waals surface area contributed by atoms with Crippen molar-refractivity contribution in [1.29, 1.82) is 0 Å². The summed E-state index contributed by atoms with van der Waals surface area (Å²) >= 11 is 0. The Morgan fingerprint density at radius 3 is 1.22 bits per heavy atom. The van der Waals surface area contributed by atoms with Gasteiger partial charge in [-0.2, -0.15) is 0 Å². The van der Waals surface area contributed by atoms with Gasteiger partial charge in [0, 0.05) is 6.61 Å². The highest BCUT2D eigenvalue weighted by Crippen LogP contribution is 2.25. The van der Waals surface area contributed by atoms with Gasteiger partial charge in [0.2, 0.25) is 0 Å². The lowest BCUT2D eigenvalue weighted by Crippen LogP contribution is -2.58. The van der Waals surface area contributed by atoms with Crippen LogP contribution in [0, 0.1) is 5.92 Å². The normalized spacial score (nSPS) is 11.2. The Bertz CT molecular complexity index is 693. The molecule has 0 spiro atoms. The first-order chi connectivity index (χ1) is 13.2. The average Bonchev–Trinajstić information content (AvgIpc) is 2.69. The second-order valence-corrected chi connectivity index (χ2v) is 8.35. The molecule has 0 saturated carbocycles. The van der Waals surface area contributed by atoms with E-state index in [1.54, 1.807) is 0 Å². The molecule has 0 aliphatic carbocycles. The molecule has 0 atom stereocenters. The minimum Gasteiger partial charge on any atom is -0.462 e. The van der Waals surface area contributed by atoms with Gasteiger partial charge in [0.1, 0.15) is 17.2 Å². The first kappa shape index (κ1) is 19.0. The highest BCUT2D eigenvalue weighted by molar-refractivity contribution is 6.56. The zero-order valence-electron chi connectivity index (χ0n) is 15.6. The molecule has 0 N–H and O–H groups in total. The van der Waals surface area contributed by atoms with E-state index in [1.807, 2.05) is 91.0 Å². The summed E-state index contributed by atoms with van der Waals surface area (Å²) in [5.74, 6) is 2.22. The molecule has 27 heavy (non-hydrogen) atoms. The molecule has 0 heterocycles. The van der Waals surface area contributed by atoms with Crippen LogP contribution in [0.4, 0.5) is 0 Å². The van der Waals surface area contributed by atoms with Crippen molar-refractivity contribution in [1.82, 2.24) is 0 Å². The zero-order chi connectivity index (χ0) is 19.0. The molecule has 5 heteroatoms. The first-order valence-electron chi connectivity index (χ1n) is 9.01. The van der Waals surface area contributed by atoms with Crippen molar-refractivity contribution in [3.63, 3.8) is 0 Å². The average molecular weight is 381 g/mol. The quantitative estimate of drug-likeness (QED) is 0.470. The summed E-state index contributed by atoms with van der Waals surface area (Å²) in [6, 6.07) is 28.4. The summed E-state index contributed by atoms with van der Waals surface area (Å²) in [6.07, 6.45) is 0. The predicted molar refractivity (Wildman–Crippen MR) is 108 cm³/mol. The molecule has 0 fully saturated rings. The Balaban J connectivity index is 1.95. The van der Waals surface area contributed by atoms with Crippen molar-refractivity contribution in [3.05, 3.63) is 91.0 Å². The summed E-state index contributed by atoms with van der Waals surface area (Å²) in [7, 11) is -3.58. The minimum absolute atomic E-state index is 0.301. The van der Waals surface area contributed by atoms with Crippen LogP contribution in [0.15, 0.2) is 91.0 Å². The lowest BCUT2D eigenvalue weighted by Gasteiger charge is -2.29. The molecule has 3 rings (SSSR count). The smallest absolute Gasteiger partial charge is 0.462 e. The molecule has 0 aliphatic rings. The van der Waals surface area contributed by atoms with Crippen LogP contribution in [0.25, 0.3) is 0 Å². The van der Waals surface area contributed by atoms with E-state index in [2.05, 4.69) is 13.8 Å². The topological polar surface area (TPSA) is 36.9 Å². The van der Waals surface area contributed by atoms with Crippen LogP contribution in [-0.4, -0.2) is 15.7 Å². The lowest BCUT2D eigenvalue weighted by atomic mass is 10.2. The molecule has 0 aliphatic heterocycles. The molecule has 140 valence electrons. The van der Waals surface area contributed by atoms with Crippen LogP contribution in [0.1, 0.15) is 13.8 Å². The molecule has 4 nitrogen and oxygen atoms in total. The van der Waals surface area contributed by atoms with Gasteiger partial charge >= 0.3 is 9.05 Å². The summed E-state index contributed by atoms with van der Waals surface area (Å²) in [6.45, 7) is 4.61. The molecule has 0 unspecified atom stereocenters. The van der Waals surface area contributed by atoms with Crippen molar-refractivity contribution in [2.75, 3.05) is 6.61 Å². The van der Waals surface area contributed by atoms with E-state index in [-0.39, 0.29) is 0 Å². The van der Waals surface area contributed by atoms with E-state index in [1.165, 1.54) is 0 Å². The second kappa shape index (κ2) is 9.25. The van der Waals surface area contributed by atoms with Crippen LogP contribution in [0.3, 0.4) is 0 Å². The van der Waals surface area contributed by atoms with Crippen molar-refractivity contribution in [3.8, 4) is 17.2 Å². The predicted octanol–water partition coefficient (Wildman–Crippen LogP) is 5.33. The van der Waals surface area contributed by atoms with E-state index >= 15 is 0 Å². The van der Waals surface area contributed by atoms with Gasteiger partial charge < -0.3 is 17.7 Å². The Morgan fingerprint density at radius 1 is 0.593 bits per heavy atom. The number of para-hydroxylation sites is 3. The largest absolute Gasteiger partial charge is 0.893 e. The maximum absolute atomic E-state index is 6.23. The minimum atomic E-state index is -3.58. The summed E-state index contributed by atoms with van der Waals surface area (Å²) in [4.78, 5) is 0. The fraction of sp³-hybridized carbons (Fsp3) is 0.182. The Hall–Kier alpha value is -2.76. The molecule has 0 aromatic heterocycles. The maximum Gasteiger partial charge on any atom is 0.893 e. The first-order valence-corrected chi connectivity index (χ1v) is 10.6. The van der Waals surface area contributed by atoms with Crippen LogP contribution < -0.4 is 13.3 Å². The van der Waals surface area contributed by atoms with Gasteiger partial charge in [-0.15, -0.1) is 0 Å². The van der Waals surface area contributed by atoms with Crippen molar-refractivity contribution in [2.45, 2.75) is 13.8 Å².